The Balaban J connectivity index is 2.88. The van der Waals surface area contributed by atoms with Gasteiger partial charge >= 0.3 is 0 Å². The SMILES string of the molecule is NC1=C(Cl)C(Cl)=NCN1. The average molecular weight is 166 g/mol. The Kier molecular flexibility index (Phi) is 1.83. The number of nitrogens with one attached hydrogen (secondary N) is 1. The van der Waals surface area contributed by atoms with Crippen molar-refractivity contribution in [2.75, 3.05) is 6.67 Å². The standard InChI is InChI=1S/C4H5Cl2N3/c5-2-3(6)8-1-9-4(2)7/h9H,1,7H2. The highest BCUT2D eigenvalue weighted by Crippen LogP contribution is 2.12. The number of nitrogens with two attached hydrogens (primary N) is 1. The van der Waals surface area contributed by atoms with Crippen molar-refractivity contribution < 1.29 is 0 Å². The molecule has 3 nitrogen and oxygen atoms in total. The minimum atomic E-state index is 0.271. The molecular weight excluding hydrogens is 161 g/mol. The zero-order valence-corrected chi connectivity index (χ0v) is 6.00. The minimum Gasteiger partial charge on any atom is -0.384 e. The molecule has 5 heteroatoms. The lowest BCUT2D eigenvalue weighted by Gasteiger charge is -2.10. The predicted octanol–water partition coefficient (Wildman–Crippen LogP) is 0.551. The van der Waals surface area contributed by atoms with E-state index in [2.05, 4.69) is 10.3 Å². The summed E-state index contributed by atoms with van der Waals surface area (Å²) in [6, 6.07) is 0. The lowest BCUT2D eigenvalue weighted by molar-refractivity contribution is 0.804. The van der Waals surface area contributed by atoms with E-state index in [0.717, 1.165) is 0 Å². The molecule has 0 atom stereocenters. The van der Waals surface area contributed by atoms with Crippen LogP contribution in [0.3, 0.4) is 0 Å². The Hall–Kier alpha value is -0.410. The van der Waals surface area contributed by atoms with E-state index in [9.17, 15) is 0 Å². The molecule has 1 heterocycles. The van der Waals surface area contributed by atoms with Crippen molar-refractivity contribution in [3.63, 3.8) is 0 Å². The van der Waals surface area contributed by atoms with Gasteiger partial charge in [-0.15, -0.1) is 0 Å². The summed E-state index contributed by atoms with van der Waals surface area (Å²) >= 11 is 11.0. The van der Waals surface area contributed by atoms with E-state index in [1.165, 1.54) is 0 Å². The number of aliphatic imine (C=N–C) groups is 1. The molecule has 9 heavy (non-hydrogen) atoms. The van der Waals surface area contributed by atoms with Crippen molar-refractivity contribution in [3.05, 3.63) is 10.9 Å². The van der Waals surface area contributed by atoms with Crippen LogP contribution in [0.5, 0.6) is 0 Å². The molecule has 0 saturated heterocycles. The second-order valence-corrected chi connectivity index (χ2v) is 2.25. The van der Waals surface area contributed by atoms with Crippen LogP contribution >= 0.6 is 23.2 Å². The van der Waals surface area contributed by atoms with Gasteiger partial charge in [-0.2, -0.15) is 0 Å². The van der Waals surface area contributed by atoms with Gasteiger partial charge in [-0.3, -0.25) is 4.99 Å². The summed E-state index contributed by atoms with van der Waals surface area (Å²) in [6.45, 7) is 0.404. The molecule has 0 aromatic rings. The number of allylic oxidation sites excluding steroid dienone is 1. The van der Waals surface area contributed by atoms with Crippen LogP contribution in [0.15, 0.2) is 15.8 Å². The molecular formula is C4H5Cl2N3. The summed E-state index contributed by atoms with van der Waals surface area (Å²) < 4.78 is 0. The van der Waals surface area contributed by atoms with E-state index in [-0.39, 0.29) is 5.17 Å². The van der Waals surface area contributed by atoms with Gasteiger partial charge in [0.05, 0.1) is 0 Å². The molecule has 0 radical (unpaired) electrons. The van der Waals surface area contributed by atoms with E-state index in [4.69, 9.17) is 28.9 Å². The molecule has 0 aromatic carbocycles. The van der Waals surface area contributed by atoms with E-state index in [0.29, 0.717) is 17.5 Å². The first kappa shape index (κ1) is 6.71. The van der Waals surface area contributed by atoms with Crippen LogP contribution in [-0.4, -0.2) is 11.8 Å². The van der Waals surface area contributed by atoms with Crippen molar-refractivity contribution in [1.82, 2.24) is 5.32 Å². The molecule has 0 spiro atoms. The summed E-state index contributed by atoms with van der Waals surface area (Å²) in [4.78, 5) is 3.76. The van der Waals surface area contributed by atoms with Crippen LogP contribution < -0.4 is 11.1 Å². The van der Waals surface area contributed by atoms with Crippen LogP contribution in [0.4, 0.5) is 0 Å². The van der Waals surface area contributed by atoms with E-state index in [1.54, 1.807) is 0 Å². The van der Waals surface area contributed by atoms with Crippen LogP contribution in [-0.2, 0) is 0 Å². The molecule has 1 aliphatic rings. The normalized spacial score (nSPS) is 19.1. The molecule has 0 amide bonds. The van der Waals surface area contributed by atoms with E-state index < -0.39 is 0 Å². The summed E-state index contributed by atoms with van der Waals surface area (Å²) in [6.07, 6.45) is 0. The average Bonchev–Trinajstić information content (AvgIpc) is 1.83. The van der Waals surface area contributed by atoms with Gasteiger partial charge in [0.25, 0.3) is 0 Å². The van der Waals surface area contributed by atoms with Gasteiger partial charge in [-0.25, -0.2) is 0 Å². The van der Waals surface area contributed by atoms with Gasteiger partial charge < -0.3 is 11.1 Å². The summed E-state index contributed by atoms with van der Waals surface area (Å²) in [5, 5.41) is 3.28. The molecule has 1 rings (SSSR count). The molecule has 0 saturated carbocycles. The molecule has 0 bridgehead atoms. The Morgan fingerprint density at radius 1 is 1.56 bits per heavy atom. The first-order valence-corrected chi connectivity index (χ1v) is 3.07. The largest absolute Gasteiger partial charge is 0.384 e. The van der Waals surface area contributed by atoms with Crippen molar-refractivity contribution >= 4 is 28.4 Å². The fraction of sp³-hybridized carbons (Fsp3) is 0.250. The fourth-order valence-electron chi connectivity index (χ4n) is 0.452. The maximum atomic E-state index is 5.55. The molecule has 0 unspecified atom stereocenters. The quantitative estimate of drug-likeness (QED) is 0.552. The highest BCUT2D eigenvalue weighted by Gasteiger charge is 2.09. The highest BCUT2D eigenvalue weighted by molar-refractivity contribution is 6.76. The maximum Gasteiger partial charge on any atom is 0.147 e. The number of rotatable bonds is 0. The molecule has 50 valence electrons. The number of nitrogens with zero attached hydrogens (tertiary/aromatic N) is 1. The lowest BCUT2D eigenvalue weighted by Crippen LogP contribution is -2.26. The second kappa shape index (κ2) is 2.45. The second-order valence-electron chi connectivity index (χ2n) is 1.51. The summed E-state index contributed by atoms with van der Waals surface area (Å²) in [7, 11) is 0. The monoisotopic (exact) mass is 165 g/mol. The van der Waals surface area contributed by atoms with Crippen LogP contribution in [0.1, 0.15) is 0 Å². The van der Waals surface area contributed by atoms with Crippen molar-refractivity contribution in [2.45, 2.75) is 0 Å². The Morgan fingerprint density at radius 3 is 2.67 bits per heavy atom. The molecule has 3 N–H and O–H groups in total. The summed E-state index contributed by atoms with van der Waals surface area (Å²) in [5.74, 6) is 0.386. The topological polar surface area (TPSA) is 50.4 Å². The van der Waals surface area contributed by atoms with Crippen LogP contribution in [0.25, 0.3) is 0 Å². The number of hydrogen-bond donors (Lipinski definition) is 2. The zero-order valence-electron chi connectivity index (χ0n) is 4.49. The number of halogens is 2. The molecule has 0 fully saturated rings. The first-order chi connectivity index (χ1) is 4.22. The Bertz CT molecular complexity index is 184. The van der Waals surface area contributed by atoms with Gasteiger partial charge in [0, 0.05) is 0 Å². The number of hydrogen-bond acceptors (Lipinski definition) is 3. The summed E-state index contributed by atoms with van der Waals surface area (Å²) in [5.41, 5.74) is 5.34. The van der Waals surface area contributed by atoms with Crippen molar-refractivity contribution in [2.24, 2.45) is 10.7 Å². The van der Waals surface area contributed by atoms with Gasteiger partial charge in [0.2, 0.25) is 0 Å². The van der Waals surface area contributed by atoms with Gasteiger partial charge in [-0.1, -0.05) is 23.2 Å². The van der Waals surface area contributed by atoms with Crippen molar-refractivity contribution in [1.29, 1.82) is 0 Å². The van der Waals surface area contributed by atoms with Crippen LogP contribution in [0, 0.1) is 0 Å². The first-order valence-electron chi connectivity index (χ1n) is 2.31. The highest BCUT2D eigenvalue weighted by atomic mass is 35.5. The van der Waals surface area contributed by atoms with E-state index in [1.807, 2.05) is 0 Å². The predicted molar refractivity (Wildman–Crippen MR) is 38.4 cm³/mol. The van der Waals surface area contributed by atoms with Gasteiger partial charge in [0.1, 0.15) is 22.7 Å². The molecule has 0 aromatic heterocycles. The van der Waals surface area contributed by atoms with E-state index >= 15 is 0 Å². The maximum absolute atomic E-state index is 5.55. The smallest absolute Gasteiger partial charge is 0.147 e. The van der Waals surface area contributed by atoms with Crippen molar-refractivity contribution in [3.8, 4) is 0 Å². The third kappa shape index (κ3) is 1.28. The fourth-order valence-corrected chi connectivity index (χ4v) is 0.740. The van der Waals surface area contributed by atoms with Gasteiger partial charge in [0.15, 0.2) is 0 Å². The molecule has 0 aliphatic carbocycles. The molecule has 1 aliphatic heterocycles. The van der Waals surface area contributed by atoms with Crippen LogP contribution in [0.2, 0.25) is 0 Å². The zero-order chi connectivity index (χ0) is 6.85. The third-order valence-corrected chi connectivity index (χ3v) is 1.69. The lowest BCUT2D eigenvalue weighted by atomic mass is 10.5. The Morgan fingerprint density at radius 2 is 2.22 bits per heavy atom. The Labute approximate surface area is 62.5 Å². The van der Waals surface area contributed by atoms with Gasteiger partial charge in [-0.05, 0) is 0 Å². The third-order valence-electron chi connectivity index (χ3n) is 0.905. The minimum absolute atomic E-state index is 0.271.